The molecule has 2 heterocycles. The van der Waals surface area contributed by atoms with Crippen molar-refractivity contribution in [3.05, 3.63) is 39.7 Å². The Hall–Kier alpha value is -1.85. The molecule has 0 amide bonds. The third kappa shape index (κ3) is 3.64. The van der Waals surface area contributed by atoms with Crippen molar-refractivity contribution < 1.29 is 14.3 Å². The van der Waals surface area contributed by atoms with E-state index >= 15 is 0 Å². The van der Waals surface area contributed by atoms with Crippen molar-refractivity contribution in [2.24, 2.45) is 0 Å². The largest absolute Gasteiger partial charge is 0.490 e. The van der Waals surface area contributed by atoms with Crippen LogP contribution in [0.5, 0.6) is 5.75 Å². The maximum absolute atomic E-state index is 12.2. The first-order valence-corrected chi connectivity index (χ1v) is 9.83. The number of hydrogen-bond donors (Lipinski definition) is 1. The highest BCUT2D eigenvalue weighted by Gasteiger charge is 2.21. The van der Waals surface area contributed by atoms with Gasteiger partial charge in [0.1, 0.15) is 24.0 Å². The highest BCUT2D eigenvalue weighted by atomic mass is 16.5. The highest BCUT2D eigenvalue weighted by molar-refractivity contribution is 5.87. The summed E-state index contributed by atoms with van der Waals surface area (Å²) in [6.45, 7) is 3.02. The van der Waals surface area contributed by atoms with E-state index in [2.05, 4.69) is 4.90 Å². The second kappa shape index (κ2) is 7.80. The second-order valence-corrected chi connectivity index (χ2v) is 7.51. The lowest BCUT2D eigenvalue weighted by Gasteiger charge is -2.28. The number of aliphatic hydroxyl groups is 1. The lowest BCUT2D eigenvalue weighted by Crippen LogP contribution is -2.38. The fraction of sp³-hybridized carbons (Fsp3) is 0.571. The van der Waals surface area contributed by atoms with Crippen LogP contribution in [0.15, 0.2) is 27.4 Å². The Morgan fingerprint density at radius 3 is 2.65 bits per heavy atom. The molecule has 1 saturated heterocycles. The lowest BCUT2D eigenvalue weighted by atomic mass is 9.90. The Balaban J connectivity index is 1.53. The standard InChI is InChI=1S/C21H27NO4/c23-15(13-22-11-4-1-5-12-22)14-25-18-9-6-10-19-20(18)16-7-2-3-8-17(16)21(24)26-19/h6,9-10,15,23H,1-5,7-8,11-14H2. The van der Waals surface area contributed by atoms with E-state index in [4.69, 9.17) is 9.15 Å². The van der Waals surface area contributed by atoms with Crippen molar-refractivity contribution in [1.82, 2.24) is 4.90 Å². The normalized spacial score (nSPS) is 19.3. The van der Waals surface area contributed by atoms with Gasteiger partial charge in [-0.15, -0.1) is 0 Å². The van der Waals surface area contributed by atoms with Crippen molar-refractivity contribution in [3.8, 4) is 5.75 Å². The Morgan fingerprint density at radius 1 is 1.08 bits per heavy atom. The average molecular weight is 357 g/mol. The molecule has 1 unspecified atom stereocenters. The zero-order valence-corrected chi connectivity index (χ0v) is 15.2. The van der Waals surface area contributed by atoms with E-state index in [1.165, 1.54) is 19.3 Å². The van der Waals surface area contributed by atoms with E-state index in [1.807, 2.05) is 18.2 Å². The number of likely N-dealkylation sites (tertiary alicyclic amines) is 1. The van der Waals surface area contributed by atoms with E-state index in [0.717, 1.165) is 55.3 Å². The maximum Gasteiger partial charge on any atom is 0.339 e. The molecule has 1 atom stereocenters. The number of aryl methyl sites for hydroxylation is 1. The quantitative estimate of drug-likeness (QED) is 0.834. The van der Waals surface area contributed by atoms with Crippen molar-refractivity contribution in [1.29, 1.82) is 0 Å². The van der Waals surface area contributed by atoms with Gasteiger partial charge in [0, 0.05) is 12.1 Å². The Bertz CT molecular complexity index is 823. The highest BCUT2D eigenvalue weighted by Crippen LogP contribution is 2.33. The van der Waals surface area contributed by atoms with Gasteiger partial charge in [-0.25, -0.2) is 4.79 Å². The summed E-state index contributed by atoms with van der Waals surface area (Å²) in [6.07, 6.45) is 6.96. The third-order valence-electron chi connectivity index (χ3n) is 5.56. The number of rotatable bonds is 5. The van der Waals surface area contributed by atoms with Gasteiger partial charge < -0.3 is 19.2 Å². The summed E-state index contributed by atoms with van der Waals surface area (Å²) in [5.41, 5.74) is 2.24. The number of β-amino-alcohol motifs (C(OH)–C–C–N with tert-alkyl or cyclic N) is 1. The molecule has 1 aromatic heterocycles. The first-order chi connectivity index (χ1) is 12.7. The molecule has 0 radical (unpaired) electrons. The second-order valence-electron chi connectivity index (χ2n) is 7.51. The molecule has 4 rings (SSSR count). The fourth-order valence-electron chi connectivity index (χ4n) is 4.26. The fourth-order valence-corrected chi connectivity index (χ4v) is 4.26. The number of fused-ring (bicyclic) bond motifs is 3. The van der Waals surface area contributed by atoms with E-state index in [9.17, 15) is 9.90 Å². The van der Waals surface area contributed by atoms with E-state index < -0.39 is 6.10 Å². The van der Waals surface area contributed by atoms with Crippen LogP contribution in [0.3, 0.4) is 0 Å². The molecule has 2 aliphatic rings. The van der Waals surface area contributed by atoms with Gasteiger partial charge in [0.25, 0.3) is 0 Å². The summed E-state index contributed by atoms with van der Waals surface area (Å²) in [4.78, 5) is 14.5. The van der Waals surface area contributed by atoms with Crippen molar-refractivity contribution in [2.75, 3.05) is 26.2 Å². The summed E-state index contributed by atoms with van der Waals surface area (Å²) >= 11 is 0. The van der Waals surface area contributed by atoms with Crippen LogP contribution in [0.2, 0.25) is 0 Å². The number of hydrogen-bond acceptors (Lipinski definition) is 5. The van der Waals surface area contributed by atoms with Crippen LogP contribution in [0.4, 0.5) is 0 Å². The number of ether oxygens (including phenoxy) is 1. The van der Waals surface area contributed by atoms with E-state index in [-0.39, 0.29) is 12.2 Å². The van der Waals surface area contributed by atoms with Crippen LogP contribution in [-0.2, 0) is 12.8 Å². The monoisotopic (exact) mass is 357 g/mol. The van der Waals surface area contributed by atoms with E-state index in [1.54, 1.807) is 0 Å². The molecule has 1 fully saturated rings. The van der Waals surface area contributed by atoms with Gasteiger partial charge >= 0.3 is 5.63 Å². The van der Waals surface area contributed by atoms with Gasteiger partial charge in [-0.3, -0.25) is 0 Å². The topological polar surface area (TPSA) is 62.9 Å². The first-order valence-electron chi connectivity index (χ1n) is 9.83. The smallest absolute Gasteiger partial charge is 0.339 e. The summed E-state index contributed by atoms with van der Waals surface area (Å²) in [6, 6.07) is 5.57. The third-order valence-corrected chi connectivity index (χ3v) is 5.56. The Morgan fingerprint density at radius 2 is 1.85 bits per heavy atom. The van der Waals surface area contributed by atoms with Crippen LogP contribution in [0, 0.1) is 0 Å². The molecular weight excluding hydrogens is 330 g/mol. The van der Waals surface area contributed by atoms with Gasteiger partial charge in [-0.05, 0) is 69.3 Å². The molecule has 1 aromatic carbocycles. The van der Waals surface area contributed by atoms with Crippen molar-refractivity contribution in [2.45, 2.75) is 51.0 Å². The minimum Gasteiger partial charge on any atom is -0.490 e. The van der Waals surface area contributed by atoms with Crippen LogP contribution in [-0.4, -0.2) is 42.4 Å². The van der Waals surface area contributed by atoms with Gasteiger partial charge in [0.15, 0.2) is 0 Å². The van der Waals surface area contributed by atoms with Crippen LogP contribution >= 0.6 is 0 Å². The number of piperidine rings is 1. The summed E-state index contributed by atoms with van der Waals surface area (Å²) in [5.74, 6) is 0.710. The maximum atomic E-state index is 12.2. The Labute approximate surface area is 153 Å². The first kappa shape index (κ1) is 17.6. The molecule has 0 spiro atoms. The van der Waals surface area contributed by atoms with Crippen molar-refractivity contribution in [3.63, 3.8) is 0 Å². The minimum atomic E-state index is -0.519. The van der Waals surface area contributed by atoms with Crippen LogP contribution in [0.1, 0.15) is 43.2 Å². The Kier molecular flexibility index (Phi) is 5.27. The lowest BCUT2D eigenvalue weighted by molar-refractivity contribution is 0.0622. The molecule has 2 aromatic rings. The molecule has 26 heavy (non-hydrogen) atoms. The zero-order chi connectivity index (χ0) is 17.9. The van der Waals surface area contributed by atoms with Gasteiger partial charge in [0.2, 0.25) is 0 Å². The number of aliphatic hydroxyl groups excluding tert-OH is 1. The van der Waals surface area contributed by atoms with Crippen LogP contribution < -0.4 is 10.4 Å². The van der Waals surface area contributed by atoms with Gasteiger partial charge in [-0.2, -0.15) is 0 Å². The molecule has 5 heteroatoms. The molecule has 1 aliphatic heterocycles. The predicted molar refractivity (Wildman–Crippen MR) is 101 cm³/mol. The summed E-state index contributed by atoms with van der Waals surface area (Å²) in [5, 5.41) is 11.3. The number of benzene rings is 1. The van der Waals surface area contributed by atoms with E-state index in [0.29, 0.717) is 17.9 Å². The predicted octanol–water partition coefficient (Wildman–Crippen LogP) is 2.90. The molecule has 5 nitrogen and oxygen atoms in total. The molecule has 1 aliphatic carbocycles. The summed E-state index contributed by atoms with van der Waals surface area (Å²) in [7, 11) is 0. The van der Waals surface area contributed by atoms with Gasteiger partial charge in [0.05, 0.1) is 5.39 Å². The molecule has 140 valence electrons. The molecule has 0 saturated carbocycles. The SMILES string of the molecule is O=c1oc2cccc(OCC(O)CN3CCCCC3)c2c2c1CCCC2. The molecule has 1 N–H and O–H groups in total. The number of nitrogens with zero attached hydrogens (tertiary/aromatic N) is 1. The summed E-state index contributed by atoms with van der Waals surface area (Å²) < 4.78 is 11.5. The van der Waals surface area contributed by atoms with Gasteiger partial charge in [-0.1, -0.05) is 12.5 Å². The van der Waals surface area contributed by atoms with Crippen molar-refractivity contribution >= 4 is 11.0 Å². The average Bonchev–Trinajstić information content (AvgIpc) is 2.67. The minimum absolute atomic E-state index is 0.213. The molecular formula is C21H27NO4. The van der Waals surface area contributed by atoms with Crippen LogP contribution in [0.25, 0.3) is 11.0 Å². The zero-order valence-electron chi connectivity index (χ0n) is 15.2. The molecule has 0 bridgehead atoms.